The largest absolute Gasteiger partial charge is 0.464 e. The Bertz CT molecular complexity index is 263. The van der Waals surface area contributed by atoms with Crippen LogP contribution in [-0.2, 0) is 12.3 Å². The van der Waals surface area contributed by atoms with Crippen molar-refractivity contribution < 1.29 is 9.52 Å². The second-order valence-corrected chi connectivity index (χ2v) is 4.38. The van der Waals surface area contributed by atoms with Gasteiger partial charge in [0, 0.05) is 6.61 Å². The molecule has 1 rings (SSSR count). The highest BCUT2D eigenvalue weighted by Gasteiger charge is 2.01. The van der Waals surface area contributed by atoms with Crippen LogP contribution in [0.5, 0.6) is 0 Å². The molecule has 0 bridgehead atoms. The minimum absolute atomic E-state index is 0.275. The zero-order valence-corrected chi connectivity index (χ0v) is 9.98. The molecule has 1 heterocycles. The molecule has 0 aromatic carbocycles. The fourth-order valence-electron chi connectivity index (χ4n) is 1.18. The minimum atomic E-state index is 0.275. The number of aliphatic hydroxyl groups excluding tert-OH is 1. The summed E-state index contributed by atoms with van der Waals surface area (Å²) in [6.07, 6.45) is 0.857. The fraction of sp³-hybridized carbons (Fsp3) is 0.636. The van der Waals surface area contributed by atoms with E-state index < -0.39 is 0 Å². The Balaban J connectivity index is 2.20. The van der Waals surface area contributed by atoms with Crippen molar-refractivity contribution in [2.45, 2.75) is 25.6 Å². The predicted molar refractivity (Wildman–Crippen MR) is 64.0 cm³/mol. The first-order valence-electron chi connectivity index (χ1n) is 5.33. The van der Waals surface area contributed by atoms with E-state index in [1.165, 1.54) is 0 Å². The Hall–Kier alpha value is -0.450. The van der Waals surface area contributed by atoms with E-state index in [4.69, 9.17) is 9.52 Å². The van der Waals surface area contributed by atoms with Crippen LogP contribution in [0.3, 0.4) is 0 Å². The van der Waals surface area contributed by atoms with Gasteiger partial charge in [-0.05, 0) is 30.9 Å². The smallest absolute Gasteiger partial charge is 0.117 e. The second-order valence-electron chi connectivity index (χ2n) is 3.28. The zero-order chi connectivity index (χ0) is 10.9. The maximum Gasteiger partial charge on any atom is 0.117 e. The number of rotatable bonds is 8. The molecule has 0 aliphatic carbocycles. The molecule has 0 saturated heterocycles. The summed E-state index contributed by atoms with van der Waals surface area (Å²) in [5.74, 6) is 3.90. The molecule has 0 saturated carbocycles. The molecule has 1 aromatic heterocycles. The van der Waals surface area contributed by atoms with Crippen LogP contribution in [-0.4, -0.2) is 24.0 Å². The second kappa shape index (κ2) is 7.79. The van der Waals surface area contributed by atoms with E-state index in [2.05, 4.69) is 12.2 Å². The van der Waals surface area contributed by atoms with Crippen molar-refractivity contribution in [2.75, 3.05) is 18.9 Å². The van der Waals surface area contributed by atoms with Crippen LogP contribution in [0.1, 0.15) is 24.9 Å². The van der Waals surface area contributed by atoms with Crippen LogP contribution in [0.25, 0.3) is 0 Å². The molecule has 3 nitrogen and oxygen atoms in total. The molecule has 4 heteroatoms. The van der Waals surface area contributed by atoms with E-state index in [-0.39, 0.29) is 6.61 Å². The molecule has 0 aliphatic rings. The quantitative estimate of drug-likeness (QED) is 0.669. The van der Waals surface area contributed by atoms with Gasteiger partial charge in [0.15, 0.2) is 0 Å². The first-order valence-corrected chi connectivity index (χ1v) is 6.49. The average molecular weight is 229 g/mol. The number of furan rings is 1. The zero-order valence-electron chi connectivity index (χ0n) is 9.16. The summed E-state index contributed by atoms with van der Waals surface area (Å²) in [4.78, 5) is 0. The third-order valence-corrected chi connectivity index (χ3v) is 3.02. The Morgan fingerprint density at radius 3 is 2.93 bits per heavy atom. The van der Waals surface area contributed by atoms with Crippen molar-refractivity contribution in [3.05, 3.63) is 23.7 Å². The van der Waals surface area contributed by atoms with Gasteiger partial charge in [-0.3, -0.25) is 0 Å². The molecule has 15 heavy (non-hydrogen) atoms. The van der Waals surface area contributed by atoms with Crippen molar-refractivity contribution in [3.63, 3.8) is 0 Å². The van der Waals surface area contributed by atoms with E-state index in [0.29, 0.717) is 0 Å². The van der Waals surface area contributed by atoms with Crippen LogP contribution in [0.2, 0.25) is 0 Å². The molecular formula is C11H19NO2S. The minimum Gasteiger partial charge on any atom is -0.464 e. The van der Waals surface area contributed by atoms with Gasteiger partial charge < -0.3 is 14.8 Å². The van der Waals surface area contributed by atoms with Crippen molar-refractivity contribution in [3.8, 4) is 0 Å². The Morgan fingerprint density at radius 2 is 2.20 bits per heavy atom. The summed E-state index contributed by atoms with van der Waals surface area (Å²) in [7, 11) is 0. The van der Waals surface area contributed by atoms with Gasteiger partial charge in [-0.2, -0.15) is 11.8 Å². The molecule has 2 N–H and O–H groups in total. The molecule has 0 aliphatic heterocycles. The van der Waals surface area contributed by atoms with Crippen LogP contribution >= 0.6 is 11.8 Å². The lowest BCUT2D eigenvalue weighted by molar-refractivity contribution is 0.296. The number of aliphatic hydroxyl groups is 1. The van der Waals surface area contributed by atoms with Crippen LogP contribution < -0.4 is 5.32 Å². The molecule has 0 fully saturated rings. The Morgan fingerprint density at radius 1 is 1.40 bits per heavy atom. The highest BCUT2D eigenvalue weighted by Crippen LogP contribution is 2.15. The molecule has 0 spiro atoms. The lowest BCUT2D eigenvalue weighted by Gasteiger charge is -1.98. The van der Waals surface area contributed by atoms with Crippen molar-refractivity contribution >= 4 is 11.8 Å². The van der Waals surface area contributed by atoms with Crippen LogP contribution in [0, 0.1) is 0 Å². The average Bonchev–Trinajstić information content (AvgIpc) is 2.69. The monoisotopic (exact) mass is 229 g/mol. The molecular weight excluding hydrogens is 210 g/mol. The highest BCUT2D eigenvalue weighted by atomic mass is 32.2. The van der Waals surface area contributed by atoms with Gasteiger partial charge in [-0.1, -0.05) is 6.92 Å². The fourth-order valence-corrected chi connectivity index (χ4v) is 2.02. The summed E-state index contributed by atoms with van der Waals surface area (Å²) in [5, 5.41) is 11.8. The summed E-state index contributed by atoms with van der Waals surface area (Å²) in [6, 6.07) is 4.04. The van der Waals surface area contributed by atoms with Crippen LogP contribution in [0.15, 0.2) is 16.5 Å². The molecule has 0 unspecified atom stereocenters. The van der Waals surface area contributed by atoms with Gasteiger partial charge >= 0.3 is 0 Å². The van der Waals surface area contributed by atoms with Gasteiger partial charge in [0.05, 0.1) is 12.3 Å². The van der Waals surface area contributed by atoms with E-state index in [1.807, 2.05) is 12.1 Å². The van der Waals surface area contributed by atoms with Crippen molar-refractivity contribution in [1.82, 2.24) is 5.32 Å². The highest BCUT2D eigenvalue weighted by molar-refractivity contribution is 7.98. The molecule has 86 valence electrons. The maximum absolute atomic E-state index is 8.62. The predicted octanol–water partition coefficient (Wildman–Crippen LogP) is 2.00. The molecule has 0 atom stereocenters. The van der Waals surface area contributed by atoms with Crippen molar-refractivity contribution in [1.29, 1.82) is 0 Å². The normalized spacial score (nSPS) is 10.8. The number of hydrogen-bond acceptors (Lipinski definition) is 4. The van der Waals surface area contributed by atoms with Crippen LogP contribution in [0.4, 0.5) is 0 Å². The number of thioether (sulfide) groups is 1. The first kappa shape index (κ1) is 12.6. The van der Waals surface area contributed by atoms with Gasteiger partial charge in [-0.25, -0.2) is 0 Å². The summed E-state index contributed by atoms with van der Waals surface area (Å²) in [6.45, 7) is 4.12. The van der Waals surface area contributed by atoms with Crippen molar-refractivity contribution in [2.24, 2.45) is 0 Å². The van der Waals surface area contributed by atoms with Gasteiger partial charge in [0.2, 0.25) is 0 Å². The molecule has 0 amide bonds. The van der Waals surface area contributed by atoms with Gasteiger partial charge in [0.25, 0.3) is 0 Å². The van der Waals surface area contributed by atoms with E-state index >= 15 is 0 Å². The first-order chi connectivity index (χ1) is 7.36. The maximum atomic E-state index is 8.62. The molecule has 1 aromatic rings. The number of nitrogens with one attached hydrogen (secondary N) is 1. The molecule has 0 radical (unpaired) electrons. The van der Waals surface area contributed by atoms with E-state index in [9.17, 15) is 0 Å². The third kappa shape index (κ3) is 5.25. The van der Waals surface area contributed by atoms with Gasteiger partial charge in [-0.15, -0.1) is 0 Å². The number of hydrogen-bond donors (Lipinski definition) is 2. The lowest BCUT2D eigenvalue weighted by Crippen LogP contribution is -2.10. The summed E-state index contributed by atoms with van der Waals surface area (Å²) >= 11 is 1.79. The topological polar surface area (TPSA) is 45.4 Å². The third-order valence-electron chi connectivity index (χ3n) is 1.96. The van der Waals surface area contributed by atoms with E-state index in [1.54, 1.807) is 11.8 Å². The summed E-state index contributed by atoms with van der Waals surface area (Å²) in [5.41, 5.74) is 0. The SMILES string of the molecule is CCNCc1ccc(CSCCCO)o1. The van der Waals surface area contributed by atoms with Gasteiger partial charge in [0.1, 0.15) is 11.5 Å². The standard InChI is InChI=1S/C11H19NO2S/c1-2-12-8-10-4-5-11(14-10)9-15-7-3-6-13/h4-5,12-13H,2-3,6-9H2,1H3. The Labute approximate surface area is 95.2 Å². The Kier molecular flexibility index (Phi) is 6.55. The summed E-state index contributed by atoms with van der Waals surface area (Å²) < 4.78 is 5.62. The lowest BCUT2D eigenvalue weighted by atomic mass is 10.4. The van der Waals surface area contributed by atoms with E-state index in [0.717, 1.165) is 42.5 Å².